The maximum Gasteiger partial charge on any atom is 0.0620 e. The van der Waals surface area contributed by atoms with Gasteiger partial charge in [-0.15, -0.1) is 0 Å². The largest absolute Gasteiger partial charge is 0.379 e. The van der Waals surface area contributed by atoms with Gasteiger partial charge >= 0.3 is 0 Å². The molecule has 1 aromatic heterocycles. The van der Waals surface area contributed by atoms with Gasteiger partial charge in [-0.1, -0.05) is 6.07 Å². The first kappa shape index (κ1) is 14.4. The van der Waals surface area contributed by atoms with Crippen LogP contribution in [0.4, 0.5) is 0 Å². The van der Waals surface area contributed by atoms with Crippen molar-refractivity contribution in [1.82, 2.24) is 15.2 Å². The third-order valence-electron chi connectivity index (χ3n) is 3.82. The highest BCUT2D eigenvalue weighted by molar-refractivity contribution is 5.03. The van der Waals surface area contributed by atoms with Gasteiger partial charge < -0.3 is 15.0 Å². The Bertz CT molecular complexity index is 352. The summed E-state index contributed by atoms with van der Waals surface area (Å²) in [7, 11) is 2.19. The van der Waals surface area contributed by atoms with E-state index in [0.29, 0.717) is 12.1 Å². The van der Waals surface area contributed by atoms with Crippen molar-refractivity contribution in [2.45, 2.75) is 31.8 Å². The zero-order valence-electron chi connectivity index (χ0n) is 12.0. The van der Waals surface area contributed by atoms with Crippen molar-refractivity contribution in [2.75, 3.05) is 33.4 Å². The summed E-state index contributed by atoms with van der Waals surface area (Å²) in [5, 5.41) is 3.51. The van der Waals surface area contributed by atoms with E-state index in [4.69, 9.17) is 4.74 Å². The highest BCUT2D eigenvalue weighted by atomic mass is 16.5. The van der Waals surface area contributed by atoms with Crippen molar-refractivity contribution in [3.8, 4) is 0 Å². The average molecular weight is 263 g/mol. The van der Waals surface area contributed by atoms with E-state index >= 15 is 0 Å². The molecular formula is C15H25N3O. The number of nitrogens with zero attached hydrogens (tertiary/aromatic N) is 2. The van der Waals surface area contributed by atoms with Crippen molar-refractivity contribution < 1.29 is 4.74 Å². The Morgan fingerprint density at radius 3 is 3.11 bits per heavy atom. The van der Waals surface area contributed by atoms with E-state index in [9.17, 15) is 0 Å². The second-order valence-electron chi connectivity index (χ2n) is 5.36. The van der Waals surface area contributed by atoms with E-state index in [2.05, 4.69) is 41.3 Å². The lowest BCUT2D eigenvalue weighted by molar-refractivity contribution is 0.0645. The number of morpholine rings is 1. The molecule has 1 fully saturated rings. The Hall–Kier alpha value is -0.970. The molecule has 4 nitrogen and oxygen atoms in total. The van der Waals surface area contributed by atoms with Crippen LogP contribution in [0.25, 0.3) is 0 Å². The second-order valence-corrected chi connectivity index (χ2v) is 5.36. The van der Waals surface area contributed by atoms with E-state index in [1.165, 1.54) is 5.69 Å². The molecule has 1 aliphatic rings. The van der Waals surface area contributed by atoms with Gasteiger partial charge in [-0.3, -0.25) is 4.98 Å². The maximum absolute atomic E-state index is 5.50. The van der Waals surface area contributed by atoms with E-state index in [0.717, 1.165) is 39.1 Å². The summed E-state index contributed by atoms with van der Waals surface area (Å²) in [6.07, 6.45) is 4.01. The summed E-state index contributed by atoms with van der Waals surface area (Å²) in [4.78, 5) is 6.77. The molecule has 2 rings (SSSR count). The topological polar surface area (TPSA) is 37.4 Å². The van der Waals surface area contributed by atoms with Crippen LogP contribution in [0.5, 0.6) is 0 Å². The van der Waals surface area contributed by atoms with Crippen LogP contribution < -0.4 is 5.32 Å². The number of hydrogen-bond donors (Lipinski definition) is 1. The first-order chi connectivity index (χ1) is 9.25. The fraction of sp³-hybridized carbons (Fsp3) is 0.667. The summed E-state index contributed by atoms with van der Waals surface area (Å²) in [6, 6.07) is 7.17. The first-order valence-corrected chi connectivity index (χ1v) is 7.17. The Kier molecular flexibility index (Phi) is 5.76. The maximum atomic E-state index is 5.50. The molecule has 0 spiro atoms. The monoisotopic (exact) mass is 263 g/mol. The van der Waals surface area contributed by atoms with Crippen molar-refractivity contribution >= 4 is 0 Å². The van der Waals surface area contributed by atoms with Crippen molar-refractivity contribution in [3.05, 3.63) is 30.1 Å². The molecule has 0 saturated carbocycles. The summed E-state index contributed by atoms with van der Waals surface area (Å²) in [5.74, 6) is 0. The molecule has 2 atom stereocenters. The van der Waals surface area contributed by atoms with Gasteiger partial charge in [0.1, 0.15) is 0 Å². The summed E-state index contributed by atoms with van der Waals surface area (Å²) in [6.45, 7) is 6.01. The minimum Gasteiger partial charge on any atom is -0.379 e. The molecule has 2 heterocycles. The van der Waals surface area contributed by atoms with Gasteiger partial charge in [0.15, 0.2) is 0 Å². The number of nitrogens with one attached hydrogen (secondary N) is 1. The van der Waals surface area contributed by atoms with E-state index in [1.54, 1.807) is 0 Å². The van der Waals surface area contributed by atoms with Crippen LogP contribution in [0.15, 0.2) is 24.4 Å². The smallest absolute Gasteiger partial charge is 0.0620 e. The molecule has 0 amide bonds. The van der Waals surface area contributed by atoms with Crippen LogP contribution in [0.1, 0.15) is 19.0 Å². The standard InChI is InChI=1S/C15H25N3O/c1-13(11-15-12-19-10-8-17-15)18(2)9-6-14-5-3-4-7-16-14/h3-5,7,13,15,17H,6,8-12H2,1-2H3. The Balaban J connectivity index is 1.71. The lowest BCUT2D eigenvalue weighted by Gasteiger charge is -2.31. The van der Waals surface area contributed by atoms with Gasteiger partial charge in [0, 0.05) is 43.5 Å². The quantitative estimate of drug-likeness (QED) is 0.840. The van der Waals surface area contributed by atoms with Crippen molar-refractivity contribution in [1.29, 1.82) is 0 Å². The predicted molar refractivity (Wildman–Crippen MR) is 77.3 cm³/mol. The summed E-state index contributed by atoms with van der Waals surface area (Å²) in [5.41, 5.74) is 1.17. The summed E-state index contributed by atoms with van der Waals surface area (Å²) < 4.78 is 5.50. The molecule has 1 N–H and O–H groups in total. The molecule has 1 saturated heterocycles. The normalized spacial score (nSPS) is 21.5. The summed E-state index contributed by atoms with van der Waals surface area (Å²) >= 11 is 0. The average Bonchev–Trinajstić information content (AvgIpc) is 2.47. The van der Waals surface area contributed by atoms with Crippen LogP contribution >= 0.6 is 0 Å². The Labute approximate surface area is 116 Å². The van der Waals surface area contributed by atoms with Crippen molar-refractivity contribution in [3.63, 3.8) is 0 Å². The molecule has 0 aromatic carbocycles. The van der Waals surface area contributed by atoms with E-state index in [-0.39, 0.29) is 0 Å². The number of rotatable bonds is 6. The molecule has 19 heavy (non-hydrogen) atoms. The van der Waals surface area contributed by atoms with Crippen LogP contribution in [-0.4, -0.2) is 55.3 Å². The van der Waals surface area contributed by atoms with E-state index < -0.39 is 0 Å². The minimum atomic E-state index is 0.501. The molecule has 0 aliphatic carbocycles. The molecule has 106 valence electrons. The highest BCUT2D eigenvalue weighted by Crippen LogP contribution is 2.08. The second kappa shape index (κ2) is 7.58. The van der Waals surface area contributed by atoms with Crippen LogP contribution in [0.2, 0.25) is 0 Å². The first-order valence-electron chi connectivity index (χ1n) is 7.17. The molecule has 0 bridgehead atoms. The number of aromatic nitrogens is 1. The van der Waals surface area contributed by atoms with Crippen LogP contribution in [-0.2, 0) is 11.2 Å². The molecule has 4 heteroatoms. The zero-order chi connectivity index (χ0) is 13.5. The number of pyridine rings is 1. The molecule has 0 radical (unpaired) electrons. The molecule has 2 unspecified atom stereocenters. The van der Waals surface area contributed by atoms with Crippen LogP contribution in [0.3, 0.4) is 0 Å². The zero-order valence-corrected chi connectivity index (χ0v) is 12.0. The highest BCUT2D eigenvalue weighted by Gasteiger charge is 2.18. The number of ether oxygens (including phenoxy) is 1. The minimum absolute atomic E-state index is 0.501. The van der Waals surface area contributed by atoms with Gasteiger partial charge in [0.2, 0.25) is 0 Å². The Morgan fingerprint density at radius 1 is 1.53 bits per heavy atom. The van der Waals surface area contributed by atoms with E-state index in [1.807, 2.05) is 12.3 Å². The third-order valence-corrected chi connectivity index (χ3v) is 3.82. The lowest BCUT2D eigenvalue weighted by atomic mass is 10.1. The van der Waals surface area contributed by atoms with Gasteiger partial charge in [-0.05, 0) is 32.5 Å². The van der Waals surface area contributed by atoms with Gasteiger partial charge in [-0.2, -0.15) is 0 Å². The van der Waals surface area contributed by atoms with Crippen LogP contribution in [0, 0.1) is 0 Å². The van der Waals surface area contributed by atoms with Gasteiger partial charge in [0.05, 0.1) is 13.2 Å². The van der Waals surface area contributed by atoms with Crippen molar-refractivity contribution in [2.24, 2.45) is 0 Å². The number of hydrogen-bond acceptors (Lipinski definition) is 4. The predicted octanol–water partition coefficient (Wildman–Crippen LogP) is 1.32. The van der Waals surface area contributed by atoms with Gasteiger partial charge in [-0.25, -0.2) is 0 Å². The Morgan fingerprint density at radius 2 is 2.42 bits per heavy atom. The van der Waals surface area contributed by atoms with Gasteiger partial charge in [0.25, 0.3) is 0 Å². The fourth-order valence-electron chi connectivity index (χ4n) is 2.42. The molecule has 1 aromatic rings. The fourth-order valence-corrected chi connectivity index (χ4v) is 2.42. The number of likely N-dealkylation sites (N-methyl/N-ethyl adjacent to an activating group) is 1. The molecule has 1 aliphatic heterocycles. The molecular weight excluding hydrogens is 238 g/mol. The third kappa shape index (κ3) is 4.90. The SMILES string of the molecule is CC(CC1COCCN1)N(C)CCc1ccccn1. The lowest BCUT2D eigenvalue weighted by Crippen LogP contribution is -2.45.